The monoisotopic (exact) mass is 313 g/mol. The van der Waals surface area contributed by atoms with Crippen molar-refractivity contribution in [3.05, 3.63) is 16.4 Å². The highest BCUT2D eigenvalue weighted by molar-refractivity contribution is 9.10. The molecule has 4 heteroatoms. The summed E-state index contributed by atoms with van der Waals surface area (Å²) in [7, 11) is 0. The Labute approximate surface area is 118 Å². The van der Waals surface area contributed by atoms with Crippen LogP contribution in [0.1, 0.15) is 64.2 Å². The molecule has 1 heterocycles. The van der Waals surface area contributed by atoms with Crippen molar-refractivity contribution in [1.82, 2.24) is 9.78 Å². The van der Waals surface area contributed by atoms with Gasteiger partial charge in [0.15, 0.2) is 0 Å². The maximum absolute atomic E-state index is 6.51. The molecule has 0 saturated heterocycles. The van der Waals surface area contributed by atoms with Crippen LogP contribution < -0.4 is 5.73 Å². The smallest absolute Gasteiger partial charge is 0.0699 e. The van der Waals surface area contributed by atoms with Crippen LogP contribution in [0.2, 0.25) is 0 Å². The van der Waals surface area contributed by atoms with Gasteiger partial charge in [-0.05, 0) is 54.5 Å². The summed E-state index contributed by atoms with van der Waals surface area (Å²) in [6.45, 7) is 6.59. The molecule has 1 saturated carbocycles. The summed E-state index contributed by atoms with van der Waals surface area (Å²) in [5, 5.41) is 4.44. The second kappa shape index (κ2) is 5.74. The molecule has 3 nitrogen and oxygen atoms in total. The molecule has 0 aromatic carbocycles. The van der Waals surface area contributed by atoms with Crippen molar-refractivity contribution in [3.8, 4) is 0 Å². The van der Waals surface area contributed by atoms with E-state index in [1.807, 2.05) is 6.20 Å². The topological polar surface area (TPSA) is 43.8 Å². The lowest BCUT2D eigenvalue weighted by Gasteiger charge is -2.22. The maximum atomic E-state index is 6.51. The molecule has 1 aromatic heterocycles. The van der Waals surface area contributed by atoms with E-state index < -0.39 is 0 Å². The number of aromatic nitrogens is 2. The van der Waals surface area contributed by atoms with E-state index in [0.717, 1.165) is 10.4 Å². The normalized spacial score (nSPS) is 25.9. The molecule has 1 aliphatic carbocycles. The molecule has 0 spiro atoms. The SMILES string of the molecule is CCC1CCC(C(N)c2c(Br)cnn2C(C)C)C1. The van der Waals surface area contributed by atoms with E-state index in [-0.39, 0.29) is 6.04 Å². The van der Waals surface area contributed by atoms with Crippen molar-refractivity contribution < 1.29 is 0 Å². The molecule has 18 heavy (non-hydrogen) atoms. The molecule has 0 radical (unpaired) electrons. The lowest BCUT2D eigenvalue weighted by atomic mass is 9.94. The molecule has 1 aliphatic rings. The van der Waals surface area contributed by atoms with Crippen molar-refractivity contribution in [2.45, 2.75) is 58.5 Å². The summed E-state index contributed by atoms with van der Waals surface area (Å²) >= 11 is 3.60. The summed E-state index contributed by atoms with van der Waals surface area (Å²) in [6, 6.07) is 0.474. The Morgan fingerprint density at radius 2 is 2.22 bits per heavy atom. The van der Waals surface area contributed by atoms with Crippen molar-refractivity contribution in [2.24, 2.45) is 17.6 Å². The molecule has 0 amide bonds. The summed E-state index contributed by atoms with van der Waals surface area (Å²) in [4.78, 5) is 0. The summed E-state index contributed by atoms with van der Waals surface area (Å²) in [6.07, 6.45) is 7.03. The number of nitrogens with two attached hydrogens (primary N) is 1. The Balaban J connectivity index is 2.18. The van der Waals surface area contributed by atoms with Gasteiger partial charge in [-0.25, -0.2) is 0 Å². The molecular formula is C14H24BrN3. The predicted molar refractivity (Wildman–Crippen MR) is 78.4 cm³/mol. The molecule has 0 bridgehead atoms. The fourth-order valence-electron chi connectivity index (χ4n) is 3.11. The standard InChI is InChI=1S/C14H24BrN3/c1-4-10-5-6-11(7-10)13(16)14-12(15)8-17-18(14)9(2)3/h8-11,13H,4-7,16H2,1-3H3. The Morgan fingerprint density at radius 3 is 2.78 bits per heavy atom. The number of halogens is 1. The Kier molecular flexibility index (Phi) is 4.49. The van der Waals surface area contributed by atoms with Crippen LogP contribution >= 0.6 is 15.9 Å². The first-order chi connectivity index (χ1) is 8.54. The zero-order valence-corrected chi connectivity index (χ0v) is 13.2. The van der Waals surface area contributed by atoms with Crippen LogP contribution in [0.4, 0.5) is 0 Å². The van der Waals surface area contributed by atoms with Gasteiger partial charge in [-0.1, -0.05) is 19.8 Å². The zero-order chi connectivity index (χ0) is 13.3. The first-order valence-electron chi connectivity index (χ1n) is 7.03. The Hall–Kier alpha value is -0.350. The van der Waals surface area contributed by atoms with E-state index in [0.29, 0.717) is 12.0 Å². The van der Waals surface area contributed by atoms with Gasteiger partial charge in [-0.3, -0.25) is 4.68 Å². The summed E-state index contributed by atoms with van der Waals surface area (Å²) in [5.41, 5.74) is 7.68. The van der Waals surface area contributed by atoms with Gasteiger partial charge in [-0.2, -0.15) is 5.10 Å². The van der Waals surface area contributed by atoms with Crippen LogP contribution in [-0.4, -0.2) is 9.78 Å². The first kappa shape index (κ1) is 14.1. The van der Waals surface area contributed by atoms with Crippen molar-refractivity contribution >= 4 is 15.9 Å². The van der Waals surface area contributed by atoms with E-state index in [9.17, 15) is 0 Å². The molecular weight excluding hydrogens is 290 g/mol. The lowest BCUT2D eigenvalue weighted by Crippen LogP contribution is -2.24. The van der Waals surface area contributed by atoms with Crippen LogP contribution in [0.5, 0.6) is 0 Å². The highest BCUT2D eigenvalue weighted by Gasteiger charge is 2.32. The fourth-order valence-corrected chi connectivity index (χ4v) is 3.65. The van der Waals surface area contributed by atoms with Gasteiger partial charge in [0.25, 0.3) is 0 Å². The van der Waals surface area contributed by atoms with E-state index >= 15 is 0 Å². The Bertz CT molecular complexity index is 400. The zero-order valence-electron chi connectivity index (χ0n) is 11.6. The van der Waals surface area contributed by atoms with E-state index in [1.54, 1.807) is 0 Å². The molecule has 1 aromatic rings. The highest BCUT2D eigenvalue weighted by atomic mass is 79.9. The third-order valence-electron chi connectivity index (χ3n) is 4.26. The summed E-state index contributed by atoms with van der Waals surface area (Å²) < 4.78 is 3.12. The molecule has 3 atom stereocenters. The first-order valence-corrected chi connectivity index (χ1v) is 7.82. The predicted octanol–water partition coefficient (Wildman–Crippen LogP) is 4.05. The maximum Gasteiger partial charge on any atom is 0.0699 e. The number of hydrogen-bond donors (Lipinski definition) is 1. The van der Waals surface area contributed by atoms with Gasteiger partial charge in [0.05, 0.1) is 22.4 Å². The third kappa shape index (κ3) is 2.64. The highest BCUT2D eigenvalue weighted by Crippen LogP contribution is 2.41. The van der Waals surface area contributed by atoms with Gasteiger partial charge >= 0.3 is 0 Å². The Morgan fingerprint density at radius 1 is 1.50 bits per heavy atom. The minimum absolute atomic E-state index is 0.112. The van der Waals surface area contributed by atoms with Crippen LogP contribution in [0.15, 0.2) is 10.7 Å². The number of nitrogens with zero attached hydrogens (tertiary/aromatic N) is 2. The number of rotatable bonds is 4. The van der Waals surface area contributed by atoms with Gasteiger partial charge in [0.1, 0.15) is 0 Å². The van der Waals surface area contributed by atoms with E-state index in [2.05, 4.69) is 46.5 Å². The largest absolute Gasteiger partial charge is 0.322 e. The minimum Gasteiger partial charge on any atom is -0.322 e. The molecule has 3 unspecified atom stereocenters. The minimum atomic E-state index is 0.112. The van der Waals surface area contributed by atoms with Crippen molar-refractivity contribution in [3.63, 3.8) is 0 Å². The van der Waals surface area contributed by atoms with Gasteiger partial charge in [-0.15, -0.1) is 0 Å². The van der Waals surface area contributed by atoms with Crippen molar-refractivity contribution in [2.75, 3.05) is 0 Å². The molecule has 2 rings (SSSR count). The van der Waals surface area contributed by atoms with Crippen LogP contribution in [-0.2, 0) is 0 Å². The molecule has 0 aliphatic heterocycles. The molecule has 102 valence electrons. The van der Waals surface area contributed by atoms with Gasteiger partial charge in [0.2, 0.25) is 0 Å². The molecule has 2 N–H and O–H groups in total. The summed E-state index contributed by atoms with van der Waals surface area (Å²) in [5.74, 6) is 1.48. The van der Waals surface area contributed by atoms with Crippen LogP contribution in [0, 0.1) is 11.8 Å². The van der Waals surface area contributed by atoms with E-state index in [4.69, 9.17) is 5.73 Å². The third-order valence-corrected chi connectivity index (χ3v) is 4.87. The average molecular weight is 314 g/mol. The number of hydrogen-bond acceptors (Lipinski definition) is 2. The van der Waals surface area contributed by atoms with E-state index in [1.165, 1.54) is 31.4 Å². The average Bonchev–Trinajstić information content (AvgIpc) is 2.94. The quantitative estimate of drug-likeness (QED) is 0.911. The van der Waals surface area contributed by atoms with Crippen LogP contribution in [0.25, 0.3) is 0 Å². The van der Waals surface area contributed by atoms with Crippen LogP contribution in [0.3, 0.4) is 0 Å². The lowest BCUT2D eigenvalue weighted by molar-refractivity contribution is 0.381. The second-order valence-electron chi connectivity index (χ2n) is 5.79. The van der Waals surface area contributed by atoms with Gasteiger partial charge < -0.3 is 5.73 Å². The fraction of sp³-hybridized carbons (Fsp3) is 0.786. The molecule has 1 fully saturated rings. The van der Waals surface area contributed by atoms with Crippen molar-refractivity contribution in [1.29, 1.82) is 0 Å². The second-order valence-corrected chi connectivity index (χ2v) is 6.64. The van der Waals surface area contributed by atoms with Gasteiger partial charge in [0, 0.05) is 6.04 Å².